The van der Waals surface area contributed by atoms with Crippen molar-refractivity contribution in [2.45, 2.75) is 19.8 Å². The molecule has 6 nitrogen and oxygen atoms in total. The lowest BCUT2D eigenvalue weighted by Gasteiger charge is -2.10. The predicted octanol–water partition coefficient (Wildman–Crippen LogP) is 0.923. The molecule has 0 aromatic heterocycles. The van der Waals surface area contributed by atoms with Gasteiger partial charge < -0.3 is 21.1 Å². The minimum Gasteiger partial charge on any atom is -0.495 e. The number of rotatable bonds is 7. The number of hydrogen-bond acceptors (Lipinski definition) is 4. The molecule has 0 heterocycles. The second kappa shape index (κ2) is 8.04. The van der Waals surface area contributed by atoms with Gasteiger partial charge >= 0.3 is 0 Å². The van der Waals surface area contributed by atoms with Crippen LogP contribution in [0.4, 0.5) is 5.69 Å². The van der Waals surface area contributed by atoms with E-state index in [1.54, 1.807) is 18.2 Å². The van der Waals surface area contributed by atoms with Crippen LogP contribution >= 0.6 is 0 Å². The molecule has 1 aromatic rings. The van der Waals surface area contributed by atoms with Gasteiger partial charge in [-0.3, -0.25) is 9.59 Å². The molecule has 0 fully saturated rings. The molecule has 2 amide bonds. The van der Waals surface area contributed by atoms with Crippen molar-refractivity contribution in [1.82, 2.24) is 10.6 Å². The van der Waals surface area contributed by atoms with E-state index in [2.05, 4.69) is 10.6 Å². The summed E-state index contributed by atoms with van der Waals surface area (Å²) in [5, 5.41) is 5.40. The first-order chi connectivity index (χ1) is 9.60. The second-order valence-corrected chi connectivity index (χ2v) is 4.28. The molecule has 0 aliphatic carbocycles. The molecule has 0 spiro atoms. The third-order valence-corrected chi connectivity index (χ3v) is 2.74. The molecule has 0 aliphatic rings. The summed E-state index contributed by atoms with van der Waals surface area (Å²) in [7, 11) is 1.49. The van der Waals surface area contributed by atoms with Crippen LogP contribution in [0.5, 0.6) is 5.75 Å². The van der Waals surface area contributed by atoms with E-state index in [-0.39, 0.29) is 24.8 Å². The summed E-state index contributed by atoms with van der Waals surface area (Å²) >= 11 is 0. The van der Waals surface area contributed by atoms with Crippen LogP contribution in [-0.4, -0.2) is 32.0 Å². The van der Waals surface area contributed by atoms with Gasteiger partial charge in [0.2, 0.25) is 5.91 Å². The van der Waals surface area contributed by atoms with Crippen LogP contribution in [0.2, 0.25) is 0 Å². The van der Waals surface area contributed by atoms with E-state index >= 15 is 0 Å². The average molecular weight is 279 g/mol. The van der Waals surface area contributed by atoms with Crippen LogP contribution in [0.15, 0.2) is 18.2 Å². The fraction of sp³-hybridized carbons (Fsp3) is 0.429. The molecule has 0 saturated heterocycles. The number of carbonyl (C=O) groups is 2. The number of carbonyl (C=O) groups excluding carboxylic acids is 2. The maximum absolute atomic E-state index is 12.0. The van der Waals surface area contributed by atoms with Crippen LogP contribution in [-0.2, 0) is 4.79 Å². The van der Waals surface area contributed by atoms with Gasteiger partial charge in [-0.1, -0.05) is 13.0 Å². The highest BCUT2D eigenvalue weighted by atomic mass is 16.5. The third-order valence-electron chi connectivity index (χ3n) is 2.74. The molecule has 0 saturated carbocycles. The number of hydrogen-bond donors (Lipinski definition) is 3. The number of amides is 2. The zero-order chi connectivity index (χ0) is 15.0. The smallest absolute Gasteiger partial charge is 0.253 e. The maximum Gasteiger partial charge on any atom is 0.253 e. The number of nitrogens with two attached hydrogens (primary N) is 1. The average Bonchev–Trinajstić information content (AvgIpc) is 2.45. The van der Waals surface area contributed by atoms with E-state index in [4.69, 9.17) is 10.5 Å². The van der Waals surface area contributed by atoms with Crippen molar-refractivity contribution in [2.75, 3.05) is 25.9 Å². The summed E-state index contributed by atoms with van der Waals surface area (Å²) in [6.07, 6.45) is 1.13. The monoisotopic (exact) mass is 279 g/mol. The fourth-order valence-electron chi connectivity index (χ4n) is 1.66. The Hall–Kier alpha value is -2.24. The first-order valence-electron chi connectivity index (χ1n) is 6.57. The van der Waals surface area contributed by atoms with Crippen molar-refractivity contribution >= 4 is 17.5 Å². The van der Waals surface area contributed by atoms with Crippen LogP contribution in [0, 0.1) is 0 Å². The van der Waals surface area contributed by atoms with E-state index in [0.29, 0.717) is 23.5 Å². The van der Waals surface area contributed by atoms with Crippen molar-refractivity contribution in [3.8, 4) is 5.75 Å². The summed E-state index contributed by atoms with van der Waals surface area (Å²) in [6.45, 7) is 2.90. The van der Waals surface area contributed by atoms with Gasteiger partial charge in [-0.15, -0.1) is 0 Å². The molecule has 0 aliphatic heterocycles. The highest BCUT2D eigenvalue weighted by Crippen LogP contribution is 2.24. The van der Waals surface area contributed by atoms with Crippen LogP contribution in [0.1, 0.15) is 30.1 Å². The Morgan fingerprint density at radius 1 is 1.25 bits per heavy atom. The molecule has 0 unspecified atom stereocenters. The van der Waals surface area contributed by atoms with Crippen molar-refractivity contribution in [1.29, 1.82) is 0 Å². The molecule has 0 atom stereocenters. The van der Waals surface area contributed by atoms with Crippen molar-refractivity contribution in [2.24, 2.45) is 0 Å². The van der Waals surface area contributed by atoms with Crippen molar-refractivity contribution < 1.29 is 14.3 Å². The first kappa shape index (κ1) is 15.8. The zero-order valence-corrected chi connectivity index (χ0v) is 11.9. The number of nitrogens with one attached hydrogen (secondary N) is 2. The summed E-state index contributed by atoms with van der Waals surface area (Å²) < 4.78 is 5.05. The van der Waals surface area contributed by atoms with Gasteiger partial charge in [-0.2, -0.15) is 0 Å². The Kier molecular flexibility index (Phi) is 6.36. The Morgan fingerprint density at radius 2 is 2.00 bits per heavy atom. The minimum absolute atomic E-state index is 0.0780. The highest BCUT2D eigenvalue weighted by molar-refractivity contribution is 6.00. The topological polar surface area (TPSA) is 93.5 Å². The number of anilines is 1. The molecule has 4 N–H and O–H groups in total. The summed E-state index contributed by atoms with van der Waals surface area (Å²) in [5.41, 5.74) is 6.47. The van der Waals surface area contributed by atoms with Gasteiger partial charge in [-0.05, 0) is 18.6 Å². The van der Waals surface area contributed by atoms with Gasteiger partial charge in [-0.25, -0.2) is 0 Å². The SMILES string of the molecule is CCCNC(=O)CCNC(=O)c1cccc(OC)c1N. The molecule has 20 heavy (non-hydrogen) atoms. The molecule has 1 aromatic carbocycles. The Balaban J connectivity index is 2.49. The van der Waals surface area contributed by atoms with Crippen LogP contribution < -0.4 is 21.1 Å². The largest absolute Gasteiger partial charge is 0.495 e. The molecule has 0 bridgehead atoms. The van der Waals surface area contributed by atoms with Gasteiger partial charge in [0.05, 0.1) is 18.4 Å². The van der Waals surface area contributed by atoms with Gasteiger partial charge in [0, 0.05) is 19.5 Å². The lowest BCUT2D eigenvalue weighted by molar-refractivity contribution is -0.120. The number of nitrogen functional groups attached to an aromatic ring is 1. The van der Waals surface area contributed by atoms with E-state index in [1.165, 1.54) is 7.11 Å². The second-order valence-electron chi connectivity index (χ2n) is 4.28. The maximum atomic E-state index is 12.0. The Labute approximate surface area is 118 Å². The van der Waals surface area contributed by atoms with Gasteiger partial charge in [0.1, 0.15) is 5.75 Å². The Morgan fingerprint density at radius 3 is 2.65 bits per heavy atom. The van der Waals surface area contributed by atoms with E-state index in [9.17, 15) is 9.59 Å². The molecular formula is C14H21N3O3. The van der Waals surface area contributed by atoms with E-state index in [0.717, 1.165) is 6.42 Å². The third kappa shape index (κ3) is 4.46. The number of ether oxygens (including phenoxy) is 1. The highest BCUT2D eigenvalue weighted by Gasteiger charge is 2.12. The van der Waals surface area contributed by atoms with Crippen molar-refractivity contribution in [3.05, 3.63) is 23.8 Å². The number of methoxy groups -OCH3 is 1. The number of benzene rings is 1. The predicted molar refractivity (Wildman–Crippen MR) is 77.7 cm³/mol. The quantitative estimate of drug-likeness (QED) is 0.647. The summed E-state index contributed by atoms with van der Waals surface area (Å²) in [5.74, 6) is 0.0637. The van der Waals surface area contributed by atoms with Gasteiger partial charge in [0.15, 0.2) is 0 Å². The van der Waals surface area contributed by atoms with E-state index < -0.39 is 0 Å². The molecule has 0 radical (unpaired) electrons. The standard InChI is InChI=1S/C14H21N3O3/c1-3-8-16-12(18)7-9-17-14(19)10-5-4-6-11(20-2)13(10)15/h4-6H,3,7-9,15H2,1-2H3,(H,16,18)(H,17,19). The normalized spacial score (nSPS) is 9.90. The van der Waals surface area contributed by atoms with Crippen LogP contribution in [0.25, 0.3) is 0 Å². The lowest BCUT2D eigenvalue weighted by atomic mass is 10.1. The van der Waals surface area contributed by atoms with Gasteiger partial charge in [0.25, 0.3) is 5.91 Å². The molecule has 6 heteroatoms. The fourth-order valence-corrected chi connectivity index (χ4v) is 1.66. The van der Waals surface area contributed by atoms with Crippen LogP contribution in [0.3, 0.4) is 0 Å². The molecule has 1 rings (SSSR count). The first-order valence-corrected chi connectivity index (χ1v) is 6.57. The summed E-state index contributed by atoms with van der Waals surface area (Å²) in [4.78, 5) is 23.3. The van der Waals surface area contributed by atoms with Crippen molar-refractivity contribution in [3.63, 3.8) is 0 Å². The number of para-hydroxylation sites is 1. The summed E-state index contributed by atoms with van der Waals surface area (Å²) in [6, 6.07) is 4.99. The molecule has 110 valence electrons. The zero-order valence-electron chi connectivity index (χ0n) is 11.9. The Bertz CT molecular complexity index is 475. The minimum atomic E-state index is -0.315. The van der Waals surface area contributed by atoms with E-state index in [1.807, 2.05) is 6.92 Å². The molecular weight excluding hydrogens is 258 g/mol. The lowest BCUT2D eigenvalue weighted by Crippen LogP contribution is -2.31.